The summed E-state index contributed by atoms with van der Waals surface area (Å²) in [5.41, 5.74) is 2.82. The van der Waals surface area contributed by atoms with E-state index in [2.05, 4.69) is 38.1 Å². The third-order valence-corrected chi connectivity index (χ3v) is 7.44. The quantitative estimate of drug-likeness (QED) is 0.320. The smallest absolute Gasteiger partial charge is 0.106 e. The molecular weight excluding hydrogens is 368 g/mol. The van der Waals surface area contributed by atoms with Gasteiger partial charge < -0.3 is 9.47 Å². The van der Waals surface area contributed by atoms with E-state index in [9.17, 15) is 0 Å². The fraction of sp³-hybridized carbons (Fsp3) is 0.786. The second-order valence-corrected chi connectivity index (χ2v) is 9.86. The molecule has 30 heavy (non-hydrogen) atoms. The Morgan fingerprint density at radius 2 is 1.30 bits per heavy atom. The van der Waals surface area contributed by atoms with Crippen molar-refractivity contribution in [3.63, 3.8) is 0 Å². The molecule has 0 unspecified atom stereocenters. The fourth-order valence-electron chi connectivity index (χ4n) is 5.33. The third-order valence-electron chi connectivity index (χ3n) is 7.44. The molecule has 1 saturated heterocycles. The number of hydrogen-bond donors (Lipinski definition) is 0. The Morgan fingerprint density at radius 3 is 1.97 bits per heavy atom. The van der Waals surface area contributed by atoms with Crippen LogP contribution in [-0.2, 0) is 9.47 Å². The number of rotatable bonds is 12. The Labute approximate surface area is 186 Å². The molecule has 1 heterocycles. The maximum atomic E-state index is 6.14. The van der Waals surface area contributed by atoms with Gasteiger partial charge in [-0.15, -0.1) is 0 Å². The van der Waals surface area contributed by atoms with Crippen molar-refractivity contribution in [2.45, 2.75) is 122 Å². The zero-order valence-electron chi connectivity index (χ0n) is 19.7. The van der Waals surface area contributed by atoms with Crippen molar-refractivity contribution in [2.24, 2.45) is 5.92 Å². The summed E-state index contributed by atoms with van der Waals surface area (Å²) >= 11 is 0. The zero-order valence-corrected chi connectivity index (χ0v) is 19.7. The number of hydrogen-bond acceptors (Lipinski definition) is 2. The van der Waals surface area contributed by atoms with Crippen molar-refractivity contribution in [3.05, 3.63) is 35.4 Å². The minimum atomic E-state index is 0.116. The molecule has 1 saturated carbocycles. The lowest BCUT2D eigenvalue weighted by atomic mass is 9.77. The van der Waals surface area contributed by atoms with Crippen LogP contribution in [0.15, 0.2) is 24.3 Å². The van der Waals surface area contributed by atoms with E-state index in [-0.39, 0.29) is 6.10 Å². The third kappa shape index (κ3) is 7.68. The molecule has 1 aliphatic heterocycles. The molecule has 1 aromatic carbocycles. The molecule has 0 aromatic heterocycles. The van der Waals surface area contributed by atoms with Crippen LogP contribution < -0.4 is 0 Å². The van der Waals surface area contributed by atoms with Crippen LogP contribution in [0.4, 0.5) is 0 Å². The maximum Gasteiger partial charge on any atom is 0.106 e. The molecule has 2 nitrogen and oxygen atoms in total. The fourth-order valence-corrected chi connectivity index (χ4v) is 5.33. The van der Waals surface area contributed by atoms with E-state index in [0.29, 0.717) is 12.7 Å². The minimum absolute atomic E-state index is 0.116. The molecule has 3 rings (SSSR count). The normalized spacial score (nSPS) is 27.3. The Morgan fingerprint density at radius 1 is 0.667 bits per heavy atom. The van der Waals surface area contributed by atoms with Crippen LogP contribution in [0, 0.1) is 5.92 Å². The van der Waals surface area contributed by atoms with Gasteiger partial charge in [0.25, 0.3) is 0 Å². The molecule has 1 aliphatic carbocycles. The Kier molecular flexibility index (Phi) is 10.7. The molecule has 0 N–H and O–H groups in total. The van der Waals surface area contributed by atoms with Crippen molar-refractivity contribution in [1.29, 1.82) is 0 Å². The van der Waals surface area contributed by atoms with Gasteiger partial charge in [0.05, 0.1) is 19.3 Å². The molecule has 0 amide bonds. The van der Waals surface area contributed by atoms with E-state index in [1.165, 1.54) is 94.6 Å². The highest BCUT2D eigenvalue weighted by atomic mass is 16.6. The summed E-state index contributed by atoms with van der Waals surface area (Å²) in [5.74, 6) is 1.75. The highest BCUT2D eigenvalue weighted by Crippen LogP contribution is 2.38. The van der Waals surface area contributed by atoms with Gasteiger partial charge in [-0.1, -0.05) is 95.9 Å². The summed E-state index contributed by atoms with van der Waals surface area (Å²) in [7, 11) is 0. The summed E-state index contributed by atoms with van der Waals surface area (Å²) in [4.78, 5) is 0. The highest BCUT2D eigenvalue weighted by molar-refractivity contribution is 5.27. The van der Waals surface area contributed by atoms with Crippen LogP contribution in [0.5, 0.6) is 0 Å². The van der Waals surface area contributed by atoms with Gasteiger partial charge in [0, 0.05) is 0 Å². The Balaban J connectivity index is 1.36. The van der Waals surface area contributed by atoms with Gasteiger partial charge in [-0.2, -0.15) is 0 Å². The van der Waals surface area contributed by atoms with Crippen LogP contribution in [0.25, 0.3) is 0 Å². The van der Waals surface area contributed by atoms with E-state index in [1.54, 1.807) is 0 Å². The largest absolute Gasteiger partial charge is 0.373 e. The van der Waals surface area contributed by atoms with Crippen LogP contribution in [0.3, 0.4) is 0 Å². The van der Waals surface area contributed by atoms with Gasteiger partial charge in [-0.3, -0.25) is 0 Å². The lowest BCUT2D eigenvalue weighted by Crippen LogP contribution is -2.31. The van der Waals surface area contributed by atoms with E-state index in [0.717, 1.165) is 24.9 Å². The lowest BCUT2D eigenvalue weighted by Gasteiger charge is -2.31. The Hall–Kier alpha value is -0.860. The monoisotopic (exact) mass is 414 g/mol. The predicted octanol–water partition coefficient (Wildman–Crippen LogP) is 8.36. The summed E-state index contributed by atoms with van der Waals surface area (Å²) in [6, 6.07) is 9.31. The summed E-state index contributed by atoms with van der Waals surface area (Å²) in [6.45, 7) is 6.01. The van der Waals surface area contributed by atoms with E-state index in [4.69, 9.17) is 9.47 Å². The topological polar surface area (TPSA) is 18.5 Å². The summed E-state index contributed by atoms with van der Waals surface area (Å²) in [6.07, 6.45) is 19.6. The molecular formula is C28H46O2. The van der Waals surface area contributed by atoms with Crippen molar-refractivity contribution in [2.75, 3.05) is 13.2 Å². The first kappa shape index (κ1) is 23.8. The molecule has 0 spiro atoms. The Bertz CT molecular complexity index is 551. The standard InChI is InChI=1S/C28H46O2/c1-3-5-7-8-10-11-23-13-15-24(16-14-23)25-17-19-26(20-18-25)28-22-29-27(21-30-28)12-9-6-4-2/h17-20,23-24,27-28H,3-16,21-22H2,1-2H3/t23?,24?,27-,28-/m0/s1. The second-order valence-electron chi connectivity index (χ2n) is 9.86. The average molecular weight is 415 g/mol. The first-order valence-electron chi connectivity index (χ1n) is 13.1. The van der Waals surface area contributed by atoms with Crippen molar-refractivity contribution < 1.29 is 9.47 Å². The van der Waals surface area contributed by atoms with Gasteiger partial charge >= 0.3 is 0 Å². The average Bonchev–Trinajstić information content (AvgIpc) is 2.80. The molecule has 170 valence electrons. The first-order valence-corrected chi connectivity index (χ1v) is 13.1. The molecule has 1 aromatic rings. The summed E-state index contributed by atoms with van der Waals surface area (Å²) in [5, 5.41) is 0. The van der Waals surface area contributed by atoms with Crippen molar-refractivity contribution in [3.8, 4) is 0 Å². The summed E-state index contributed by atoms with van der Waals surface area (Å²) < 4.78 is 12.2. The zero-order chi connectivity index (χ0) is 21.0. The van der Waals surface area contributed by atoms with Crippen LogP contribution in [-0.4, -0.2) is 19.3 Å². The van der Waals surface area contributed by atoms with Gasteiger partial charge in [-0.25, -0.2) is 0 Å². The van der Waals surface area contributed by atoms with Crippen LogP contribution in [0.1, 0.15) is 127 Å². The van der Waals surface area contributed by atoms with Gasteiger partial charge in [0.15, 0.2) is 0 Å². The van der Waals surface area contributed by atoms with E-state index < -0.39 is 0 Å². The minimum Gasteiger partial charge on any atom is -0.373 e. The predicted molar refractivity (Wildman–Crippen MR) is 127 cm³/mol. The molecule has 2 aliphatic rings. The van der Waals surface area contributed by atoms with E-state index in [1.807, 2.05) is 0 Å². The molecule has 0 radical (unpaired) electrons. The molecule has 2 fully saturated rings. The SMILES string of the molecule is CCCCCCCC1CCC(c2ccc([C@@H]3CO[C@@H](CCCCC)CO3)cc2)CC1. The van der Waals surface area contributed by atoms with Crippen LogP contribution >= 0.6 is 0 Å². The second kappa shape index (κ2) is 13.5. The lowest BCUT2D eigenvalue weighted by molar-refractivity contribution is -0.137. The number of unbranched alkanes of at least 4 members (excludes halogenated alkanes) is 6. The van der Waals surface area contributed by atoms with Gasteiger partial charge in [0.2, 0.25) is 0 Å². The molecule has 2 atom stereocenters. The number of ether oxygens (including phenoxy) is 2. The maximum absolute atomic E-state index is 6.14. The van der Waals surface area contributed by atoms with Crippen molar-refractivity contribution >= 4 is 0 Å². The molecule has 2 heteroatoms. The van der Waals surface area contributed by atoms with E-state index >= 15 is 0 Å². The van der Waals surface area contributed by atoms with Crippen molar-refractivity contribution in [1.82, 2.24) is 0 Å². The van der Waals surface area contributed by atoms with Crippen LogP contribution in [0.2, 0.25) is 0 Å². The number of benzene rings is 1. The van der Waals surface area contributed by atoms with Gasteiger partial charge in [0.1, 0.15) is 6.10 Å². The highest BCUT2D eigenvalue weighted by Gasteiger charge is 2.25. The first-order chi connectivity index (χ1) is 14.8. The van der Waals surface area contributed by atoms with Gasteiger partial charge in [-0.05, 0) is 55.1 Å². The molecule has 0 bridgehead atoms.